The van der Waals surface area contributed by atoms with Crippen LogP contribution in [0.5, 0.6) is 0 Å². The highest BCUT2D eigenvalue weighted by Crippen LogP contribution is 2.33. The van der Waals surface area contributed by atoms with Crippen molar-refractivity contribution < 1.29 is 9.15 Å². The van der Waals surface area contributed by atoms with Gasteiger partial charge in [-0.2, -0.15) is 0 Å². The Bertz CT molecular complexity index is 469. The quantitative estimate of drug-likeness (QED) is 0.433. The monoisotopic (exact) mass is 435 g/mol. The van der Waals surface area contributed by atoms with Crippen LogP contribution in [0, 0.1) is 11.3 Å². The Balaban J connectivity index is 0.00000264. The van der Waals surface area contributed by atoms with Gasteiger partial charge in [-0.3, -0.25) is 4.99 Å². The standard InChI is InChI=1S/C17H29N3O2.HI/c1-17(2,3)15-14(6-5-8-22-15)11-20-16(18-4)19-10-13-7-9-21-12-13;/h7,9,12,14-15H,5-6,8,10-11H2,1-4H3,(H2,18,19,20);1H. The number of halogens is 1. The molecule has 0 bridgehead atoms. The molecule has 0 spiro atoms. The van der Waals surface area contributed by atoms with Gasteiger partial charge in [-0.15, -0.1) is 24.0 Å². The lowest BCUT2D eigenvalue weighted by Crippen LogP contribution is -2.47. The van der Waals surface area contributed by atoms with Crippen LogP contribution in [0.15, 0.2) is 28.0 Å². The Labute approximate surface area is 156 Å². The summed E-state index contributed by atoms with van der Waals surface area (Å²) < 4.78 is 11.1. The van der Waals surface area contributed by atoms with Gasteiger partial charge in [0.05, 0.1) is 18.6 Å². The Kier molecular flexibility index (Phi) is 8.39. The minimum absolute atomic E-state index is 0. The average molecular weight is 435 g/mol. The summed E-state index contributed by atoms with van der Waals surface area (Å²) in [4.78, 5) is 4.28. The molecule has 0 saturated carbocycles. The second kappa shape index (κ2) is 9.52. The zero-order valence-electron chi connectivity index (χ0n) is 14.6. The van der Waals surface area contributed by atoms with Gasteiger partial charge < -0.3 is 19.8 Å². The molecule has 0 amide bonds. The first-order chi connectivity index (χ1) is 10.5. The highest BCUT2D eigenvalue weighted by Gasteiger charge is 2.35. The molecule has 1 aromatic heterocycles. The van der Waals surface area contributed by atoms with Crippen molar-refractivity contribution in [2.75, 3.05) is 20.2 Å². The van der Waals surface area contributed by atoms with Crippen molar-refractivity contribution in [1.29, 1.82) is 0 Å². The van der Waals surface area contributed by atoms with Crippen molar-refractivity contribution in [1.82, 2.24) is 10.6 Å². The van der Waals surface area contributed by atoms with Gasteiger partial charge in [-0.1, -0.05) is 20.8 Å². The number of nitrogens with zero attached hydrogens (tertiary/aromatic N) is 1. The molecule has 0 aromatic carbocycles. The maximum Gasteiger partial charge on any atom is 0.191 e. The molecule has 6 heteroatoms. The van der Waals surface area contributed by atoms with E-state index in [-0.39, 0.29) is 29.4 Å². The van der Waals surface area contributed by atoms with E-state index in [1.165, 1.54) is 6.42 Å². The van der Waals surface area contributed by atoms with Gasteiger partial charge in [0.25, 0.3) is 0 Å². The van der Waals surface area contributed by atoms with E-state index >= 15 is 0 Å². The zero-order chi connectivity index (χ0) is 16.0. The molecular formula is C17H30IN3O2. The van der Waals surface area contributed by atoms with Crippen LogP contribution in [0.25, 0.3) is 0 Å². The SMILES string of the molecule is CN=C(NCc1ccoc1)NCC1CCCOC1C(C)(C)C.I. The van der Waals surface area contributed by atoms with Crippen molar-refractivity contribution in [2.24, 2.45) is 16.3 Å². The molecule has 2 heterocycles. The van der Waals surface area contributed by atoms with Crippen LogP contribution in [-0.2, 0) is 11.3 Å². The lowest BCUT2D eigenvalue weighted by atomic mass is 9.78. The second-order valence-electron chi connectivity index (χ2n) is 7.00. The maximum atomic E-state index is 6.03. The summed E-state index contributed by atoms with van der Waals surface area (Å²) in [5.74, 6) is 1.33. The van der Waals surface area contributed by atoms with Crippen LogP contribution >= 0.6 is 24.0 Å². The van der Waals surface area contributed by atoms with Gasteiger partial charge in [-0.05, 0) is 24.3 Å². The van der Waals surface area contributed by atoms with E-state index in [1.807, 2.05) is 6.07 Å². The number of hydrogen-bond acceptors (Lipinski definition) is 3. The Morgan fingerprint density at radius 1 is 1.35 bits per heavy atom. The van der Waals surface area contributed by atoms with Gasteiger partial charge in [0.1, 0.15) is 0 Å². The predicted molar refractivity (Wildman–Crippen MR) is 104 cm³/mol. The van der Waals surface area contributed by atoms with E-state index in [2.05, 4.69) is 36.4 Å². The van der Waals surface area contributed by atoms with E-state index in [1.54, 1.807) is 19.6 Å². The fourth-order valence-corrected chi connectivity index (χ4v) is 3.04. The minimum Gasteiger partial charge on any atom is -0.472 e. The van der Waals surface area contributed by atoms with Crippen molar-refractivity contribution in [3.05, 3.63) is 24.2 Å². The summed E-state index contributed by atoms with van der Waals surface area (Å²) in [5.41, 5.74) is 1.28. The number of hydrogen-bond donors (Lipinski definition) is 2. The summed E-state index contributed by atoms with van der Waals surface area (Å²) in [7, 11) is 1.79. The van der Waals surface area contributed by atoms with Crippen LogP contribution in [0.2, 0.25) is 0 Å². The topological polar surface area (TPSA) is 58.8 Å². The molecule has 1 saturated heterocycles. The first-order valence-electron chi connectivity index (χ1n) is 8.08. The molecule has 5 nitrogen and oxygen atoms in total. The fraction of sp³-hybridized carbons (Fsp3) is 0.706. The van der Waals surface area contributed by atoms with E-state index < -0.39 is 0 Å². The molecule has 1 fully saturated rings. The molecular weight excluding hydrogens is 405 g/mol. The van der Waals surface area contributed by atoms with Gasteiger partial charge in [0, 0.05) is 38.2 Å². The molecule has 1 aliphatic rings. The van der Waals surface area contributed by atoms with Crippen molar-refractivity contribution in [3.8, 4) is 0 Å². The number of aliphatic imine (C=N–C) groups is 1. The molecule has 1 aliphatic heterocycles. The third-order valence-electron chi connectivity index (χ3n) is 4.09. The van der Waals surface area contributed by atoms with Crippen molar-refractivity contribution >= 4 is 29.9 Å². The summed E-state index contributed by atoms with van der Waals surface area (Å²) in [6.45, 7) is 9.23. The van der Waals surface area contributed by atoms with Crippen LogP contribution in [0.1, 0.15) is 39.2 Å². The van der Waals surface area contributed by atoms with Crippen LogP contribution in [0.3, 0.4) is 0 Å². The Hall–Kier alpha value is -0.760. The largest absolute Gasteiger partial charge is 0.472 e. The highest BCUT2D eigenvalue weighted by atomic mass is 127. The Morgan fingerprint density at radius 2 is 2.13 bits per heavy atom. The first kappa shape index (κ1) is 20.3. The third kappa shape index (κ3) is 6.33. The highest BCUT2D eigenvalue weighted by molar-refractivity contribution is 14.0. The second-order valence-corrected chi connectivity index (χ2v) is 7.00. The summed E-state index contributed by atoms with van der Waals surface area (Å²) in [5, 5.41) is 6.73. The predicted octanol–water partition coefficient (Wildman–Crippen LogP) is 3.40. The number of ether oxygens (including phenoxy) is 1. The summed E-state index contributed by atoms with van der Waals surface area (Å²) in [6.07, 6.45) is 6.06. The number of furan rings is 1. The molecule has 2 N–H and O–H groups in total. The van der Waals surface area contributed by atoms with E-state index in [9.17, 15) is 0 Å². The van der Waals surface area contributed by atoms with Gasteiger partial charge in [0.2, 0.25) is 0 Å². The van der Waals surface area contributed by atoms with Gasteiger partial charge in [-0.25, -0.2) is 0 Å². The maximum absolute atomic E-state index is 6.03. The molecule has 23 heavy (non-hydrogen) atoms. The van der Waals surface area contributed by atoms with Crippen molar-refractivity contribution in [2.45, 2.75) is 46.3 Å². The lowest BCUT2D eigenvalue weighted by Gasteiger charge is -2.40. The minimum atomic E-state index is 0. The lowest BCUT2D eigenvalue weighted by molar-refractivity contribution is -0.0835. The first-order valence-corrected chi connectivity index (χ1v) is 8.08. The molecule has 1 aromatic rings. The average Bonchev–Trinajstić information content (AvgIpc) is 3.00. The molecule has 2 unspecified atom stereocenters. The van der Waals surface area contributed by atoms with E-state index in [0.29, 0.717) is 18.6 Å². The van der Waals surface area contributed by atoms with Crippen LogP contribution < -0.4 is 10.6 Å². The third-order valence-corrected chi connectivity index (χ3v) is 4.09. The normalized spacial score (nSPS) is 22.3. The fourth-order valence-electron chi connectivity index (χ4n) is 3.04. The smallest absolute Gasteiger partial charge is 0.191 e. The number of nitrogens with one attached hydrogen (secondary N) is 2. The molecule has 0 radical (unpaired) electrons. The van der Waals surface area contributed by atoms with Crippen molar-refractivity contribution in [3.63, 3.8) is 0 Å². The van der Waals surface area contributed by atoms with Crippen LogP contribution in [-0.4, -0.2) is 32.3 Å². The number of guanidine groups is 1. The molecule has 0 aliphatic carbocycles. The molecule has 2 atom stereocenters. The van der Waals surface area contributed by atoms with Gasteiger partial charge in [0.15, 0.2) is 5.96 Å². The van der Waals surface area contributed by atoms with Crippen LogP contribution in [0.4, 0.5) is 0 Å². The summed E-state index contributed by atoms with van der Waals surface area (Å²) >= 11 is 0. The van der Waals surface area contributed by atoms with E-state index in [4.69, 9.17) is 9.15 Å². The zero-order valence-corrected chi connectivity index (χ0v) is 16.9. The van der Waals surface area contributed by atoms with E-state index in [0.717, 1.165) is 31.1 Å². The molecule has 132 valence electrons. The number of rotatable bonds is 4. The summed E-state index contributed by atoms with van der Waals surface area (Å²) in [6, 6.07) is 1.95. The van der Waals surface area contributed by atoms with Gasteiger partial charge >= 0.3 is 0 Å². The Morgan fingerprint density at radius 3 is 2.74 bits per heavy atom. The molecule has 2 rings (SSSR count).